The first-order valence-electron chi connectivity index (χ1n) is 9.24. The highest BCUT2D eigenvalue weighted by Crippen LogP contribution is 2.33. The Labute approximate surface area is 162 Å². The summed E-state index contributed by atoms with van der Waals surface area (Å²) in [4.78, 5) is 27.7. The average Bonchev–Trinajstić information content (AvgIpc) is 3.02. The fourth-order valence-corrected chi connectivity index (χ4v) is 4.21. The van der Waals surface area contributed by atoms with E-state index in [0.717, 1.165) is 31.2 Å². The number of nitrogens with zero attached hydrogens (tertiary/aromatic N) is 1. The van der Waals surface area contributed by atoms with Crippen LogP contribution in [0.5, 0.6) is 0 Å². The maximum absolute atomic E-state index is 13.3. The highest BCUT2D eigenvalue weighted by molar-refractivity contribution is 6.31. The monoisotopic (exact) mass is 386 g/mol. The van der Waals surface area contributed by atoms with Gasteiger partial charge in [-0.05, 0) is 42.7 Å². The SMILES string of the molecule is O=C(Nc1ccc(F)c(Cl)c1)c1cccc2c1C(=O)N(C1CCCCC1)C2. The van der Waals surface area contributed by atoms with Gasteiger partial charge >= 0.3 is 0 Å². The van der Waals surface area contributed by atoms with Crippen molar-refractivity contribution in [3.8, 4) is 0 Å². The third-order valence-corrected chi connectivity index (χ3v) is 5.69. The van der Waals surface area contributed by atoms with Crippen LogP contribution < -0.4 is 5.32 Å². The second-order valence-corrected chi connectivity index (χ2v) is 7.55. The Kier molecular flexibility index (Phi) is 4.87. The number of amides is 2. The lowest BCUT2D eigenvalue weighted by Crippen LogP contribution is -2.37. The van der Waals surface area contributed by atoms with Crippen LogP contribution in [0.15, 0.2) is 36.4 Å². The van der Waals surface area contributed by atoms with Gasteiger partial charge < -0.3 is 10.2 Å². The lowest BCUT2D eigenvalue weighted by atomic mass is 9.94. The van der Waals surface area contributed by atoms with Crippen LogP contribution in [0, 0.1) is 5.82 Å². The maximum atomic E-state index is 13.3. The molecule has 0 spiro atoms. The Balaban J connectivity index is 1.59. The van der Waals surface area contributed by atoms with E-state index < -0.39 is 11.7 Å². The molecule has 4 rings (SSSR count). The van der Waals surface area contributed by atoms with Gasteiger partial charge in [-0.15, -0.1) is 0 Å². The summed E-state index contributed by atoms with van der Waals surface area (Å²) >= 11 is 5.78. The molecule has 2 amide bonds. The summed E-state index contributed by atoms with van der Waals surface area (Å²) in [6, 6.07) is 9.60. The van der Waals surface area contributed by atoms with E-state index in [2.05, 4.69) is 5.32 Å². The van der Waals surface area contributed by atoms with Gasteiger partial charge in [0.15, 0.2) is 0 Å². The average molecular weight is 387 g/mol. The van der Waals surface area contributed by atoms with Crippen molar-refractivity contribution < 1.29 is 14.0 Å². The number of benzene rings is 2. The molecule has 1 N–H and O–H groups in total. The van der Waals surface area contributed by atoms with E-state index in [1.165, 1.54) is 24.6 Å². The molecule has 27 heavy (non-hydrogen) atoms. The molecular formula is C21H20ClFN2O2. The van der Waals surface area contributed by atoms with Gasteiger partial charge in [-0.3, -0.25) is 9.59 Å². The van der Waals surface area contributed by atoms with Crippen LogP contribution >= 0.6 is 11.6 Å². The highest BCUT2D eigenvalue weighted by Gasteiger charge is 2.36. The van der Waals surface area contributed by atoms with Crippen LogP contribution in [0.2, 0.25) is 5.02 Å². The van der Waals surface area contributed by atoms with Crippen molar-refractivity contribution in [1.82, 2.24) is 4.90 Å². The number of rotatable bonds is 3. The van der Waals surface area contributed by atoms with Crippen molar-refractivity contribution in [3.63, 3.8) is 0 Å². The number of nitrogens with one attached hydrogen (secondary N) is 1. The smallest absolute Gasteiger partial charge is 0.256 e. The molecule has 1 heterocycles. The van der Waals surface area contributed by atoms with Gasteiger partial charge in [-0.2, -0.15) is 0 Å². The summed E-state index contributed by atoms with van der Waals surface area (Å²) < 4.78 is 13.3. The van der Waals surface area contributed by atoms with Gasteiger partial charge in [0.1, 0.15) is 5.82 Å². The summed E-state index contributed by atoms with van der Waals surface area (Å²) in [6.07, 6.45) is 5.55. The molecule has 140 valence electrons. The standard InChI is InChI=1S/C21H20ClFN2O2/c22-17-11-14(9-10-18(17)23)24-20(26)16-8-4-5-13-12-25(21(27)19(13)16)15-6-2-1-3-7-15/h4-5,8-11,15H,1-3,6-7,12H2,(H,24,26). The fourth-order valence-electron chi connectivity index (χ4n) is 4.03. The third-order valence-electron chi connectivity index (χ3n) is 5.40. The van der Waals surface area contributed by atoms with Crippen LogP contribution in [0.4, 0.5) is 10.1 Å². The van der Waals surface area contributed by atoms with E-state index in [-0.39, 0.29) is 17.0 Å². The van der Waals surface area contributed by atoms with Crippen LogP contribution in [0.25, 0.3) is 0 Å². The molecule has 0 unspecified atom stereocenters. The van der Waals surface area contributed by atoms with Crippen LogP contribution in [-0.4, -0.2) is 22.8 Å². The van der Waals surface area contributed by atoms with Gasteiger partial charge in [0.05, 0.1) is 16.1 Å². The Morgan fingerprint density at radius 1 is 1.15 bits per heavy atom. The second kappa shape index (κ2) is 7.31. The molecule has 2 aromatic rings. The topological polar surface area (TPSA) is 49.4 Å². The maximum Gasteiger partial charge on any atom is 0.256 e. The predicted octanol–water partition coefficient (Wildman–Crippen LogP) is 5.02. The summed E-state index contributed by atoms with van der Waals surface area (Å²) in [6.45, 7) is 0.558. The zero-order valence-corrected chi connectivity index (χ0v) is 15.6. The minimum atomic E-state index is -0.548. The minimum Gasteiger partial charge on any atom is -0.331 e. The molecule has 0 atom stereocenters. The second-order valence-electron chi connectivity index (χ2n) is 7.15. The lowest BCUT2D eigenvalue weighted by Gasteiger charge is -2.30. The van der Waals surface area contributed by atoms with Gasteiger partial charge in [0.2, 0.25) is 0 Å². The van der Waals surface area contributed by atoms with Gasteiger partial charge in [0, 0.05) is 18.3 Å². The van der Waals surface area contributed by atoms with Gasteiger partial charge in [-0.25, -0.2) is 4.39 Å². The Bertz CT molecular complexity index is 909. The largest absolute Gasteiger partial charge is 0.331 e. The van der Waals surface area contributed by atoms with Crippen molar-refractivity contribution in [2.75, 3.05) is 5.32 Å². The van der Waals surface area contributed by atoms with E-state index in [1.54, 1.807) is 12.1 Å². The van der Waals surface area contributed by atoms with Crippen molar-refractivity contribution in [2.24, 2.45) is 0 Å². The third kappa shape index (κ3) is 3.44. The molecule has 6 heteroatoms. The normalized spacial score (nSPS) is 17.1. The number of hydrogen-bond donors (Lipinski definition) is 1. The van der Waals surface area contributed by atoms with E-state index in [9.17, 15) is 14.0 Å². The molecule has 1 aliphatic heterocycles. The molecular weight excluding hydrogens is 367 g/mol. The molecule has 2 aliphatic rings. The number of halogens is 2. The van der Waals surface area contributed by atoms with E-state index in [0.29, 0.717) is 23.4 Å². The van der Waals surface area contributed by atoms with Crippen molar-refractivity contribution >= 4 is 29.1 Å². The number of anilines is 1. The summed E-state index contributed by atoms with van der Waals surface area (Å²) in [7, 11) is 0. The van der Waals surface area contributed by atoms with E-state index in [4.69, 9.17) is 11.6 Å². The van der Waals surface area contributed by atoms with Crippen LogP contribution in [-0.2, 0) is 6.54 Å². The van der Waals surface area contributed by atoms with E-state index in [1.807, 2.05) is 11.0 Å². The molecule has 1 fully saturated rings. The quantitative estimate of drug-likeness (QED) is 0.805. The molecule has 0 aromatic heterocycles. The first-order chi connectivity index (χ1) is 13.0. The van der Waals surface area contributed by atoms with Crippen molar-refractivity contribution in [2.45, 2.75) is 44.7 Å². The number of carbonyl (C=O) groups is 2. The predicted molar refractivity (Wildman–Crippen MR) is 103 cm³/mol. The first-order valence-corrected chi connectivity index (χ1v) is 9.61. The highest BCUT2D eigenvalue weighted by atomic mass is 35.5. The van der Waals surface area contributed by atoms with Crippen LogP contribution in [0.3, 0.4) is 0 Å². The van der Waals surface area contributed by atoms with E-state index >= 15 is 0 Å². The Morgan fingerprint density at radius 3 is 2.67 bits per heavy atom. The molecule has 0 bridgehead atoms. The Hall–Kier alpha value is -2.40. The number of hydrogen-bond acceptors (Lipinski definition) is 2. The van der Waals surface area contributed by atoms with Gasteiger partial charge in [-0.1, -0.05) is 43.0 Å². The molecule has 0 radical (unpaired) electrons. The van der Waals surface area contributed by atoms with Crippen molar-refractivity contribution in [3.05, 3.63) is 63.9 Å². The fraction of sp³-hybridized carbons (Fsp3) is 0.333. The molecule has 0 saturated heterocycles. The summed E-state index contributed by atoms with van der Waals surface area (Å²) in [5, 5.41) is 2.65. The summed E-state index contributed by atoms with van der Waals surface area (Å²) in [5.74, 6) is -1.01. The Morgan fingerprint density at radius 2 is 1.93 bits per heavy atom. The molecule has 1 saturated carbocycles. The number of fused-ring (bicyclic) bond motifs is 1. The minimum absolute atomic E-state index is 0.0642. The zero-order valence-electron chi connectivity index (χ0n) is 14.8. The number of carbonyl (C=O) groups excluding carboxylic acids is 2. The molecule has 4 nitrogen and oxygen atoms in total. The lowest BCUT2D eigenvalue weighted by molar-refractivity contribution is 0.0657. The van der Waals surface area contributed by atoms with Crippen LogP contribution in [0.1, 0.15) is 58.4 Å². The van der Waals surface area contributed by atoms with Crippen molar-refractivity contribution in [1.29, 1.82) is 0 Å². The molecule has 1 aliphatic carbocycles. The zero-order chi connectivity index (χ0) is 19.0. The van der Waals surface area contributed by atoms with Gasteiger partial charge in [0.25, 0.3) is 11.8 Å². The molecule has 2 aromatic carbocycles. The summed E-state index contributed by atoms with van der Waals surface area (Å²) in [5.41, 5.74) is 2.10. The first kappa shape index (κ1) is 18.0.